The Morgan fingerprint density at radius 1 is 1.33 bits per heavy atom. The molecule has 0 aliphatic carbocycles. The minimum Gasteiger partial charge on any atom is -0.484 e. The Balaban J connectivity index is 2.18. The molecular weight excluding hydrogens is 314 g/mol. The van der Waals surface area contributed by atoms with Crippen LogP contribution in [0, 0.1) is 0 Å². The number of unbranched alkanes of at least 4 members (excludes halogenated alkanes) is 4. The summed E-state index contributed by atoms with van der Waals surface area (Å²) in [5.41, 5.74) is -1.86. The third kappa shape index (κ3) is 3.09. The molecule has 2 heterocycles. The monoisotopic (exact) mass is 341 g/mol. The van der Waals surface area contributed by atoms with E-state index in [0.29, 0.717) is 6.42 Å². The number of hydrogen-bond acceptors (Lipinski definition) is 6. The standard InChI is InChI=1S/C17H27NO6/c1-4-5-6-7-8-9-12-17(22,10-19)15(20)13-14(24-12)11(2)18(23-3)16(13)21/h12,15,19-20,22H,2,4-10H2,1,3H3. The van der Waals surface area contributed by atoms with Crippen molar-refractivity contribution in [1.29, 1.82) is 0 Å². The molecule has 7 nitrogen and oxygen atoms in total. The van der Waals surface area contributed by atoms with Crippen LogP contribution in [0.3, 0.4) is 0 Å². The highest BCUT2D eigenvalue weighted by molar-refractivity contribution is 6.00. The van der Waals surface area contributed by atoms with Gasteiger partial charge in [-0.2, -0.15) is 5.06 Å². The summed E-state index contributed by atoms with van der Waals surface area (Å²) in [6.45, 7) is 5.16. The molecule has 7 heteroatoms. The van der Waals surface area contributed by atoms with Crippen LogP contribution in [-0.2, 0) is 14.4 Å². The van der Waals surface area contributed by atoms with Crippen molar-refractivity contribution in [2.24, 2.45) is 0 Å². The SMILES string of the molecule is C=C1C2=C(C(=O)N1OC)C(O)C(O)(CO)C(CCCCCCC)O2. The maximum Gasteiger partial charge on any atom is 0.284 e. The molecule has 0 saturated heterocycles. The summed E-state index contributed by atoms with van der Waals surface area (Å²) in [7, 11) is 1.30. The van der Waals surface area contributed by atoms with E-state index in [1.807, 2.05) is 0 Å². The Morgan fingerprint density at radius 3 is 2.58 bits per heavy atom. The summed E-state index contributed by atoms with van der Waals surface area (Å²) < 4.78 is 5.78. The number of aliphatic hydroxyl groups excluding tert-OH is 2. The van der Waals surface area contributed by atoms with E-state index >= 15 is 0 Å². The Bertz CT molecular complexity index is 531. The van der Waals surface area contributed by atoms with Crippen LogP contribution in [0.15, 0.2) is 23.6 Å². The molecule has 2 aliphatic rings. The highest BCUT2D eigenvalue weighted by Crippen LogP contribution is 2.42. The lowest BCUT2D eigenvalue weighted by Crippen LogP contribution is -2.59. The molecule has 3 atom stereocenters. The highest BCUT2D eigenvalue weighted by atomic mass is 16.7. The van der Waals surface area contributed by atoms with Crippen LogP contribution in [0.1, 0.15) is 45.4 Å². The van der Waals surface area contributed by atoms with Gasteiger partial charge in [0, 0.05) is 0 Å². The average Bonchev–Trinajstić information content (AvgIpc) is 2.81. The first-order valence-electron chi connectivity index (χ1n) is 8.42. The fourth-order valence-corrected chi connectivity index (χ4v) is 3.24. The van der Waals surface area contributed by atoms with Crippen molar-refractivity contribution in [3.63, 3.8) is 0 Å². The summed E-state index contributed by atoms with van der Waals surface area (Å²) in [6, 6.07) is 0. The molecular formula is C17H27NO6. The second-order valence-corrected chi connectivity index (χ2v) is 6.33. The Hall–Kier alpha value is -1.41. The molecule has 0 aromatic rings. The second kappa shape index (κ2) is 7.65. The van der Waals surface area contributed by atoms with E-state index in [1.54, 1.807) is 0 Å². The van der Waals surface area contributed by atoms with Crippen LogP contribution in [0.4, 0.5) is 0 Å². The van der Waals surface area contributed by atoms with E-state index in [0.717, 1.165) is 37.2 Å². The Kier molecular flexibility index (Phi) is 6.03. The van der Waals surface area contributed by atoms with Crippen molar-refractivity contribution in [2.75, 3.05) is 13.7 Å². The number of carbonyl (C=O) groups excluding carboxylic acids is 1. The van der Waals surface area contributed by atoms with Gasteiger partial charge in [-0.15, -0.1) is 0 Å². The van der Waals surface area contributed by atoms with Gasteiger partial charge in [-0.05, 0) is 12.8 Å². The van der Waals surface area contributed by atoms with Crippen LogP contribution in [-0.4, -0.2) is 57.8 Å². The molecule has 3 unspecified atom stereocenters. The summed E-state index contributed by atoms with van der Waals surface area (Å²) >= 11 is 0. The van der Waals surface area contributed by atoms with Crippen LogP contribution in [0.2, 0.25) is 0 Å². The van der Waals surface area contributed by atoms with Crippen molar-refractivity contribution in [3.05, 3.63) is 23.6 Å². The number of hydroxylamine groups is 2. The Morgan fingerprint density at radius 2 is 2.00 bits per heavy atom. The smallest absolute Gasteiger partial charge is 0.284 e. The fraction of sp³-hybridized carbons (Fsp3) is 0.706. The van der Waals surface area contributed by atoms with Gasteiger partial charge in [0.25, 0.3) is 5.91 Å². The maximum absolute atomic E-state index is 12.3. The fourth-order valence-electron chi connectivity index (χ4n) is 3.24. The first-order valence-corrected chi connectivity index (χ1v) is 8.42. The molecule has 24 heavy (non-hydrogen) atoms. The van der Waals surface area contributed by atoms with Crippen LogP contribution < -0.4 is 0 Å². The minimum absolute atomic E-state index is 0.124. The molecule has 2 aliphatic heterocycles. The Labute approximate surface area is 142 Å². The lowest BCUT2D eigenvalue weighted by atomic mass is 9.81. The number of amides is 1. The van der Waals surface area contributed by atoms with Crippen LogP contribution in [0.5, 0.6) is 0 Å². The second-order valence-electron chi connectivity index (χ2n) is 6.33. The third-order valence-electron chi connectivity index (χ3n) is 4.74. The molecule has 0 radical (unpaired) electrons. The summed E-state index contributed by atoms with van der Waals surface area (Å²) in [4.78, 5) is 17.2. The number of hydrogen-bond donors (Lipinski definition) is 3. The highest BCUT2D eigenvalue weighted by Gasteiger charge is 2.56. The minimum atomic E-state index is -1.93. The van der Waals surface area contributed by atoms with E-state index in [-0.39, 0.29) is 17.0 Å². The van der Waals surface area contributed by atoms with Crippen molar-refractivity contribution in [3.8, 4) is 0 Å². The van der Waals surface area contributed by atoms with Gasteiger partial charge >= 0.3 is 0 Å². The van der Waals surface area contributed by atoms with Crippen LogP contribution >= 0.6 is 0 Å². The predicted molar refractivity (Wildman–Crippen MR) is 86.3 cm³/mol. The van der Waals surface area contributed by atoms with E-state index in [2.05, 4.69) is 13.5 Å². The summed E-state index contributed by atoms with van der Waals surface area (Å²) in [6.07, 6.45) is 3.20. The first-order chi connectivity index (χ1) is 11.4. The third-order valence-corrected chi connectivity index (χ3v) is 4.74. The molecule has 0 aromatic heterocycles. The van der Waals surface area contributed by atoms with Gasteiger partial charge in [-0.3, -0.25) is 9.63 Å². The molecule has 3 N–H and O–H groups in total. The molecule has 0 saturated carbocycles. The number of rotatable bonds is 8. The van der Waals surface area contributed by atoms with Crippen molar-refractivity contribution in [2.45, 2.75) is 63.3 Å². The first kappa shape index (κ1) is 18.9. The molecule has 0 aromatic carbocycles. The van der Waals surface area contributed by atoms with Gasteiger partial charge in [0.2, 0.25) is 0 Å². The molecule has 0 fully saturated rings. The van der Waals surface area contributed by atoms with E-state index in [1.165, 1.54) is 7.11 Å². The quantitative estimate of drug-likeness (QED) is 0.570. The van der Waals surface area contributed by atoms with Crippen LogP contribution in [0.25, 0.3) is 0 Å². The van der Waals surface area contributed by atoms with Gasteiger partial charge in [0.05, 0.1) is 19.3 Å². The van der Waals surface area contributed by atoms with Gasteiger partial charge in [0.15, 0.2) is 11.4 Å². The summed E-state index contributed by atoms with van der Waals surface area (Å²) in [5.74, 6) is -0.510. The predicted octanol–water partition coefficient (Wildman–Crippen LogP) is 1.00. The number of carbonyl (C=O) groups is 1. The molecule has 0 bridgehead atoms. The normalized spacial score (nSPS) is 30.0. The zero-order valence-electron chi connectivity index (χ0n) is 14.3. The van der Waals surface area contributed by atoms with Gasteiger partial charge < -0.3 is 20.1 Å². The van der Waals surface area contributed by atoms with Crippen molar-refractivity contribution in [1.82, 2.24) is 5.06 Å². The molecule has 0 spiro atoms. The van der Waals surface area contributed by atoms with Gasteiger partial charge in [0.1, 0.15) is 17.9 Å². The maximum atomic E-state index is 12.3. The lowest BCUT2D eigenvalue weighted by Gasteiger charge is -2.42. The summed E-state index contributed by atoms with van der Waals surface area (Å²) in [5, 5.41) is 31.8. The number of ether oxygens (including phenoxy) is 1. The van der Waals surface area contributed by atoms with E-state index in [9.17, 15) is 20.1 Å². The van der Waals surface area contributed by atoms with Gasteiger partial charge in [-0.25, -0.2) is 0 Å². The van der Waals surface area contributed by atoms with Gasteiger partial charge in [-0.1, -0.05) is 39.2 Å². The zero-order valence-corrected chi connectivity index (χ0v) is 14.3. The van der Waals surface area contributed by atoms with Crippen molar-refractivity contribution >= 4 is 5.91 Å². The zero-order chi connectivity index (χ0) is 17.9. The van der Waals surface area contributed by atoms with E-state index < -0.39 is 30.3 Å². The molecule has 136 valence electrons. The lowest BCUT2D eigenvalue weighted by molar-refractivity contribution is -0.179. The largest absolute Gasteiger partial charge is 0.484 e. The number of nitrogens with zero attached hydrogens (tertiary/aromatic N) is 1. The van der Waals surface area contributed by atoms with E-state index in [4.69, 9.17) is 9.57 Å². The van der Waals surface area contributed by atoms with Crippen molar-refractivity contribution < 1.29 is 29.7 Å². The average molecular weight is 341 g/mol. The topological polar surface area (TPSA) is 99.5 Å². The number of aliphatic hydroxyl groups is 3. The molecule has 1 amide bonds. The molecule has 2 rings (SSSR count).